The maximum absolute atomic E-state index is 12.2. The molecule has 3 rings (SSSR count). The summed E-state index contributed by atoms with van der Waals surface area (Å²) in [5.74, 6) is -0.976. The second kappa shape index (κ2) is 4.97. The number of nitrogens with zero attached hydrogens (tertiary/aromatic N) is 2. The minimum atomic E-state index is -0.513. The molecule has 21 heavy (non-hydrogen) atoms. The summed E-state index contributed by atoms with van der Waals surface area (Å²) in [6.45, 7) is 4.11. The number of pyridine rings is 1. The molecule has 1 aromatic heterocycles. The quantitative estimate of drug-likeness (QED) is 0.632. The van der Waals surface area contributed by atoms with Crippen molar-refractivity contribution in [1.82, 2.24) is 4.98 Å². The summed E-state index contributed by atoms with van der Waals surface area (Å²) < 4.78 is 0. The summed E-state index contributed by atoms with van der Waals surface area (Å²) in [6, 6.07) is 8.80. The van der Waals surface area contributed by atoms with Gasteiger partial charge in [0.05, 0.1) is 23.5 Å². The Labute approximate surface area is 127 Å². The molecule has 0 spiro atoms. The Morgan fingerprint density at radius 3 is 2.62 bits per heavy atom. The molecule has 2 heterocycles. The van der Waals surface area contributed by atoms with Crippen LogP contribution >= 0.6 is 11.6 Å². The number of carbonyl (C=O) groups is 2. The number of Topliss-reactive ketones (excluding diaryl/α,β-unsaturated/α-hetero) is 1. The molecule has 0 N–H and O–H groups in total. The van der Waals surface area contributed by atoms with Gasteiger partial charge in [0.15, 0.2) is 0 Å². The summed E-state index contributed by atoms with van der Waals surface area (Å²) in [7, 11) is 0. The van der Waals surface area contributed by atoms with Crippen LogP contribution in [0.15, 0.2) is 30.3 Å². The highest BCUT2D eigenvalue weighted by molar-refractivity contribution is 6.52. The minimum absolute atomic E-state index is 0.239. The van der Waals surface area contributed by atoms with Gasteiger partial charge >= 0.3 is 0 Å². The Hall–Kier alpha value is -2.20. The summed E-state index contributed by atoms with van der Waals surface area (Å²) in [6.07, 6.45) is 0. The lowest BCUT2D eigenvalue weighted by Gasteiger charge is -2.19. The number of aromatic nitrogens is 1. The van der Waals surface area contributed by atoms with Crippen molar-refractivity contribution in [2.45, 2.75) is 20.4 Å². The largest absolute Gasteiger partial charge is 0.299 e. The first-order valence-electron chi connectivity index (χ1n) is 6.57. The van der Waals surface area contributed by atoms with Crippen LogP contribution in [0, 0.1) is 13.8 Å². The van der Waals surface area contributed by atoms with Gasteiger partial charge in [0, 0.05) is 0 Å². The zero-order valence-corrected chi connectivity index (χ0v) is 12.4. The van der Waals surface area contributed by atoms with E-state index in [1.165, 1.54) is 4.90 Å². The van der Waals surface area contributed by atoms with Gasteiger partial charge in [-0.2, -0.15) is 0 Å². The smallest absolute Gasteiger partial charge is 0.298 e. The number of amides is 1. The van der Waals surface area contributed by atoms with Crippen LogP contribution < -0.4 is 4.90 Å². The van der Waals surface area contributed by atoms with Gasteiger partial charge in [-0.25, -0.2) is 4.98 Å². The van der Waals surface area contributed by atoms with Crippen molar-refractivity contribution in [3.05, 3.63) is 57.9 Å². The van der Waals surface area contributed by atoms with Crippen LogP contribution in [-0.4, -0.2) is 16.7 Å². The molecule has 0 atom stereocenters. The Kier molecular flexibility index (Phi) is 3.26. The fourth-order valence-electron chi connectivity index (χ4n) is 2.52. The standard InChI is InChI=1S/C16H13ClN2O2/c1-9-6-7-12-14(10(9)2)19(16(21)15(12)20)8-11-4-3-5-13(17)18-11/h3-7H,8H2,1-2H3. The number of hydrogen-bond acceptors (Lipinski definition) is 3. The summed E-state index contributed by atoms with van der Waals surface area (Å²) in [5, 5.41) is 0.367. The van der Waals surface area contributed by atoms with Crippen molar-refractivity contribution in [2.24, 2.45) is 0 Å². The molecule has 4 nitrogen and oxygen atoms in total. The number of benzene rings is 1. The lowest BCUT2D eigenvalue weighted by atomic mass is 10.0. The maximum Gasteiger partial charge on any atom is 0.299 e. The Morgan fingerprint density at radius 1 is 1.14 bits per heavy atom. The first-order chi connectivity index (χ1) is 9.99. The second-order valence-electron chi connectivity index (χ2n) is 5.08. The van der Waals surface area contributed by atoms with Crippen molar-refractivity contribution >= 4 is 29.0 Å². The first-order valence-corrected chi connectivity index (χ1v) is 6.94. The molecule has 1 aromatic carbocycles. The van der Waals surface area contributed by atoms with Gasteiger partial charge in [0.1, 0.15) is 5.15 Å². The molecule has 0 saturated carbocycles. The molecule has 0 radical (unpaired) electrons. The number of aryl methyl sites for hydroxylation is 1. The van der Waals surface area contributed by atoms with Crippen LogP contribution in [-0.2, 0) is 11.3 Å². The topological polar surface area (TPSA) is 50.3 Å². The number of halogens is 1. The molecular formula is C16H13ClN2O2. The van der Waals surface area contributed by atoms with Gasteiger partial charge in [0.25, 0.3) is 11.7 Å². The minimum Gasteiger partial charge on any atom is -0.298 e. The molecule has 0 aliphatic carbocycles. The molecule has 0 fully saturated rings. The number of anilines is 1. The third-order valence-electron chi connectivity index (χ3n) is 3.75. The highest BCUT2D eigenvalue weighted by Gasteiger charge is 2.37. The van der Waals surface area contributed by atoms with Crippen LogP contribution in [0.1, 0.15) is 27.2 Å². The maximum atomic E-state index is 12.2. The lowest BCUT2D eigenvalue weighted by Crippen LogP contribution is -2.29. The number of carbonyl (C=O) groups excluding carboxylic acids is 2. The number of fused-ring (bicyclic) bond motifs is 1. The molecule has 1 aliphatic rings. The highest BCUT2D eigenvalue weighted by atomic mass is 35.5. The van der Waals surface area contributed by atoms with E-state index in [4.69, 9.17) is 11.6 Å². The predicted molar refractivity (Wildman–Crippen MR) is 80.7 cm³/mol. The van der Waals surface area contributed by atoms with Gasteiger partial charge < -0.3 is 0 Å². The third kappa shape index (κ3) is 2.21. The van der Waals surface area contributed by atoms with E-state index in [1.54, 1.807) is 24.3 Å². The van der Waals surface area contributed by atoms with Crippen LogP contribution in [0.3, 0.4) is 0 Å². The molecule has 0 unspecified atom stereocenters. The number of ketones is 1. The van der Waals surface area contributed by atoms with Crippen molar-refractivity contribution in [3.63, 3.8) is 0 Å². The van der Waals surface area contributed by atoms with E-state index in [0.29, 0.717) is 22.1 Å². The van der Waals surface area contributed by atoms with Crippen LogP contribution in [0.25, 0.3) is 0 Å². The Bertz CT molecular complexity index is 771. The molecule has 5 heteroatoms. The average molecular weight is 301 g/mol. The normalized spacial score (nSPS) is 13.8. The third-order valence-corrected chi connectivity index (χ3v) is 3.96. The SMILES string of the molecule is Cc1ccc2c(c1C)N(Cc1cccc(Cl)n1)C(=O)C2=O. The second-order valence-corrected chi connectivity index (χ2v) is 5.46. The van der Waals surface area contributed by atoms with Crippen LogP contribution in [0.5, 0.6) is 0 Å². The zero-order valence-electron chi connectivity index (χ0n) is 11.7. The van der Waals surface area contributed by atoms with E-state index in [2.05, 4.69) is 4.98 Å². The van der Waals surface area contributed by atoms with E-state index < -0.39 is 11.7 Å². The fourth-order valence-corrected chi connectivity index (χ4v) is 2.70. The molecular weight excluding hydrogens is 288 g/mol. The predicted octanol–water partition coefficient (Wildman–Crippen LogP) is 3.08. The van der Waals surface area contributed by atoms with Gasteiger partial charge in [-0.3, -0.25) is 14.5 Å². The zero-order chi connectivity index (χ0) is 15.1. The average Bonchev–Trinajstić information content (AvgIpc) is 2.69. The monoisotopic (exact) mass is 300 g/mol. The molecule has 106 valence electrons. The van der Waals surface area contributed by atoms with E-state index in [1.807, 2.05) is 19.9 Å². The fraction of sp³-hybridized carbons (Fsp3) is 0.188. The Morgan fingerprint density at radius 2 is 1.90 bits per heavy atom. The van der Waals surface area contributed by atoms with Crippen LogP contribution in [0.4, 0.5) is 5.69 Å². The summed E-state index contributed by atoms with van der Waals surface area (Å²) >= 11 is 5.87. The van der Waals surface area contributed by atoms with E-state index in [0.717, 1.165) is 11.1 Å². The lowest BCUT2D eigenvalue weighted by molar-refractivity contribution is -0.114. The Balaban J connectivity index is 2.07. The first kappa shape index (κ1) is 13.8. The van der Waals surface area contributed by atoms with Gasteiger partial charge in [-0.15, -0.1) is 0 Å². The van der Waals surface area contributed by atoms with E-state index >= 15 is 0 Å². The van der Waals surface area contributed by atoms with Gasteiger partial charge in [-0.1, -0.05) is 23.7 Å². The van der Waals surface area contributed by atoms with Gasteiger partial charge in [-0.05, 0) is 43.2 Å². The van der Waals surface area contributed by atoms with Crippen molar-refractivity contribution in [1.29, 1.82) is 0 Å². The van der Waals surface area contributed by atoms with Crippen molar-refractivity contribution in [3.8, 4) is 0 Å². The molecule has 0 saturated heterocycles. The molecule has 2 aromatic rings. The van der Waals surface area contributed by atoms with Crippen molar-refractivity contribution < 1.29 is 9.59 Å². The molecule has 1 aliphatic heterocycles. The molecule has 1 amide bonds. The van der Waals surface area contributed by atoms with E-state index in [-0.39, 0.29) is 6.54 Å². The number of rotatable bonds is 2. The van der Waals surface area contributed by atoms with E-state index in [9.17, 15) is 9.59 Å². The van der Waals surface area contributed by atoms with Crippen LogP contribution in [0.2, 0.25) is 5.15 Å². The molecule has 0 bridgehead atoms. The summed E-state index contributed by atoms with van der Waals surface area (Å²) in [4.78, 5) is 30.0. The summed E-state index contributed by atoms with van der Waals surface area (Å²) in [5.41, 5.74) is 3.78. The highest BCUT2D eigenvalue weighted by Crippen LogP contribution is 2.34. The van der Waals surface area contributed by atoms with Gasteiger partial charge in [0.2, 0.25) is 0 Å². The number of hydrogen-bond donors (Lipinski definition) is 0. The van der Waals surface area contributed by atoms with Crippen molar-refractivity contribution in [2.75, 3.05) is 4.90 Å².